The number of pyridine rings is 1. The van der Waals surface area contributed by atoms with Crippen molar-refractivity contribution in [2.45, 2.75) is 25.8 Å². The summed E-state index contributed by atoms with van der Waals surface area (Å²) in [6.45, 7) is 7.51. The van der Waals surface area contributed by atoms with Crippen molar-refractivity contribution >= 4 is 17.5 Å². The molecule has 0 saturated carbocycles. The van der Waals surface area contributed by atoms with E-state index in [2.05, 4.69) is 17.1 Å². The lowest BCUT2D eigenvalue weighted by Gasteiger charge is -2.32. The third-order valence-electron chi connectivity index (χ3n) is 6.16. The second-order valence-electron chi connectivity index (χ2n) is 8.01. The van der Waals surface area contributed by atoms with E-state index in [1.165, 1.54) is 15.4 Å². The normalized spacial score (nSPS) is 24.3. The SMILES string of the molecule is CCOc1ccc(N2C(=O)C[C@H]([NH+]3CC[NH+](CCc4ccncc4)CC3)C2=O)cc1. The first kappa shape index (κ1) is 20.5. The summed E-state index contributed by atoms with van der Waals surface area (Å²) >= 11 is 0. The summed E-state index contributed by atoms with van der Waals surface area (Å²) in [5.41, 5.74) is 1.95. The van der Waals surface area contributed by atoms with Gasteiger partial charge in [0.2, 0.25) is 5.91 Å². The molecule has 2 fully saturated rings. The van der Waals surface area contributed by atoms with E-state index in [-0.39, 0.29) is 17.9 Å². The Labute approximate surface area is 177 Å². The first-order valence-electron chi connectivity index (χ1n) is 10.8. The van der Waals surface area contributed by atoms with Gasteiger partial charge in [-0.1, -0.05) is 0 Å². The van der Waals surface area contributed by atoms with Crippen molar-refractivity contribution in [2.24, 2.45) is 0 Å². The fourth-order valence-electron chi connectivity index (χ4n) is 4.47. The molecule has 0 bridgehead atoms. The van der Waals surface area contributed by atoms with Gasteiger partial charge in [0.25, 0.3) is 5.91 Å². The molecule has 30 heavy (non-hydrogen) atoms. The van der Waals surface area contributed by atoms with Crippen LogP contribution in [0.25, 0.3) is 0 Å². The Bertz CT molecular complexity index is 864. The van der Waals surface area contributed by atoms with E-state index in [1.807, 2.05) is 31.5 Å². The number of nitrogens with zero attached hydrogens (tertiary/aromatic N) is 2. The highest BCUT2D eigenvalue weighted by Crippen LogP contribution is 2.24. The molecule has 0 aliphatic carbocycles. The summed E-state index contributed by atoms with van der Waals surface area (Å²) < 4.78 is 5.45. The average Bonchev–Trinajstić information content (AvgIpc) is 3.08. The molecular formula is C23H30N4O3+2. The first-order chi connectivity index (χ1) is 14.7. The lowest BCUT2D eigenvalue weighted by Crippen LogP contribution is -3.30. The molecule has 0 spiro atoms. The quantitative estimate of drug-likeness (QED) is 0.583. The highest BCUT2D eigenvalue weighted by Gasteiger charge is 2.46. The number of anilines is 1. The maximum atomic E-state index is 13.1. The van der Waals surface area contributed by atoms with Gasteiger partial charge < -0.3 is 14.5 Å². The van der Waals surface area contributed by atoms with Gasteiger partial charge in [0.05, 0.1) is 25.3 Å². The summed E-state index contributed by atoms with van der Waals surface area (Å²) in [7, 11) is 0. The molecule has 158 valence electrons. The van der Waals surface area contributed by atoms with Gasteiger partial charge in [0.1, 0.15) is 31.9 Å². The topological polar surface area (TPSA) is 68.4 Å². The number of carbonyl (C=O) groups is 2. The van der Waals surface area contributed by atoms with Crippen LogP contribution in [0.3, 0.4) is 0 Å². The molecule has 0 radical (unpaired) electrons. The molecule has 2 N–H and O–H groups in total. The molecule has 1 aromatic heterocycles. The van der Waals surface area contributed by atoms with Crippen LogP contribution in [0.15, 0.2) is 48.8 Å². The van der Waals surface area contributed by atoms with E-state index in [4.69, 9.17) is 4.74 Å². The molecule has 1 atom stereocenters. The van der Waals surface area contributed by atoms with E-state index in [1.54, 1.807) is 17.0 Å². The number of aromatic nitrogens is 1. The Morgan fingerprint density at radius 1 is 1.03 bits per heavy atom. The number of amides is 2. The van der Waals surface area contributed by atoms with Crippen LogP contribution in [-0.4, -0.2) is 62.2 Å². The third kappa shape index (κ3) is 4.52. The monoisotopic (exact) mass is 410 g/mol. The number of carbonyl (C=O) groups excluding carboxylic acids is 2. The van der Waals surface area contributed by atoms with Crippen LogP contribution in [0.5, 0.6) is 5.75 Å². The van der Waals surface area contributed by atoms with Crippen LogP contribution in [0.4, 0.5) is 5.69 Å². The molecule has 3 heterocycles. The molecule has 7 nitrogen and oxygen atoms in total. The van der Waals surface area contributed by atoms with Crippen molar-refractivity contribution < 1.29 is 24.1 Å². The van der Waals surface area contributed by atoms with Gasteiger partial charge in [0, 0.05) is 18.8 Å². The van der Waals surface area contributed by atoms with Crippen LogP contribution in [0.2, 0.25) is 0 Å². The Morgan fingerprint density at radius 3 is 2.40 bits per heavy atom. The van der Waals surface area contributed by atoms with Crippen molar-refractivity contribution in [3.8, 4) is 5.75 Å². The summed E-state index contributed by atoms with van der Waals surface area (Å²) in [5.74, 6) is 0.571. The van der Waals surface area contributed by atoms with Gasteiger partial charge in [0.15, 0.2) is 6.04 Å². The van der Waals surface area contributed by atoms with Crippen LogP contribution in [0, 0.1) is 0 Å². The second kappa shape index (κ2) is 9.36. The number of nitrogens with one attached hydrogen (secondary N) is 2. The van der Waals surface area contributed by atoms with Crippen molar-refractivity contribution in [1.82, 2.24) is 4.98 Å². The van der Waals surface area contributed by atoms with Gasteiger partial charge in [-0.25, -0.2) is 4.90 Å². The highest BCUT2D eigenvalue weighted by molar-refractivity contribution is 6.21. The summed E-state index contributed by atoms with van der Waals surface area (Å²) in [6, 6.07) is 11.1. The second-order valence-corrected chi connectivity index (χ2v) is 8.01. The first-order valence-corrected chi connectivity index (χ1v) is 10.8. The van der Waals surface area contributed by atoms with E-state index in [0.29, 0.717) is 18.7 Å². The summed E-state index contributed by atoms with van der Waals surface area (Å²) in [4.78, 5) is 33.9. The van der Waals surface area contributed by atoms with Crippen LogP contribution >= 0.6 is 0 Å². The lowest BCUT2D eigenvalue weighted by atomic mass is 10.1. The van der Waals surface area contributed by atoms with E-state index < -0.39 is 0 Å². The van der Waals surface area contributed by atoms with Crippen LogP contribution < -0.4 is 19.4 Å². The minimum atomic E-state index is -0.259. The van der Waals surface area contributed by atoms with Crippen LogP contribution in [0.1, 0.15) is 18.9 Å². The number of piperazine rings is 1. The number of benzene rings is 1. The minimum Gasteiger partial charge on any atom is -0.494 e. The smallest absolute Gasteiger partial charge is 0.292 e. The van der Waals surface area contributed by atoms with E-state index >= 15 is 0 Å². The number of quaternary nitrogens is 2. The molecule has 1 aromatic carbocycles. The predicted octanol–water partition coefficient (Wildman–Crippen LogP) is -0.862. The standard InChI is InChI=1S/C23H28N4O3/c1-2-30-20-5-3-19(4-6-20)27-22(28)17-21(23(27)29)26-15-13-25(14-16-26)12-9-18-7-10-24-11-8-18/h3-8,10-11,21H,2,9,12-17H2,1H3/p+2/t21-/m0/s1. The fourth-order valence-corrected chi connectivity index (χ4v) is 4.47. The Kier molecular flexibility index (Phi) is 6.40. The van der Waals surface area contributed by atoms with Crippen molar-refractivity contribution in [1.29, 1.82) is 0 Å². The maximum Gasteiger partial charge on any atom is 0.292 e. The highest BCUT2D eigenvalue weighted by atomic mass is 16.5. The zero-order valence-electron chi connectivity index (χ0n) is 17.5. The molecular weight excluding hydrogens is 380 g/mol. The summed E-state index contributed by atoms with van der Waals surface area (Å²) in [6.07, 6.45) is 5.02. The van der Waals surface area contributed by atoms with Crippen molar-refractivity contribution in [3.05, 3.63) is 54.4 Å². The van der Waals surface area contributed by atoms with Gasteiger partial charge in [-0.2, -0.15) is 0 Å². The zero-order valence-corrected chi connectivity index (χ0v) is 17.5. The number of imide groups is 1. The molecule has 4 rings (SSSR count). The van der Waals surface area contributed by atoms with Gasteiger partial charge in [-0.15, -0.1) is 0 Å². The maximum absolute atomic E-state index is 13.1. The van der Waals surface area contributed by atoms with Gasteiger partial charge in [-0.3, -0.25) is 14.6 Å². The predicted molar refractivity (Wildman–Crippen MR) is 113 cm³/mol. The molecule has 7 heteroatoms. The summed E-state index contributed by atoms with van der Waals surface area (Å²) in [5, 5.41) is 0. The average molecular weight is 411 g/mol. The van der Waals surface area contributed by atoms with E-state index in [0.717, 1.165) is 44.9 Å². The number of rotatable bonds is 7. The number of hydrogen-bond donors (Lipinski definition) is 2. The van der Waals surface area contributed by atoms with E-state index in [9.17, 15) is 9.59 Å². The molecule has 2 aliphatic rings. The largest absolute Gasteiger partial charge is 0.494 e. The molecule has 0 unspecified atom stereocenters. The molecule has 2 aliphatic heterocycles. The zero-order chi connectivity index (χ0) is 20.9. The lowest BCUT2D eigenvalue weighted by molar-refractivity contribution is -1.02. The van der Waals surface area contributed by atoms with Gasteiger partial charge in [-0.05, 0) is 48.9 Å². The number of ether oxygens (including phenoxy) is 1. The molecule has 2 amide bonds. The Morgan fingerprint density at radius 2 is 1.73 bits per heavy atom. The molecule has 2 aromatic rings. The fraction of sp³-hybridized carbons (Fsp3) is 0.435. The van der Waals surface area contributed by atoms with Crippen molar-refractivity contribution in [3.63, 3.8) is 0 Å². The van der Waals surface area contributed by atoms with Crippen LogP contribution in [-0.2, 0) is 16.0 Å². The van der Waals surface area contributed by atoms with Crippen molar-refractivity contribution in [2.75, 3.05) is 44.2 Å². The Balaban J connectivity index is 1.32. The minimum absolute atomic E-state index is 0.0700. The Hall–Kier alpha value is -2.77. The number of hydrogen-bond acceptors (Lipinski definition) is 4. The molecule has 2 saturated heterocycles. The third-order valence-corrected chi connectivity index (χ3v) is 6.16. The van der Waals surface area contributed by atoms with Gasteiger partial charge >= 0.3 is 0 Å².